The standard InChI is InChI=1S/C10H12ClNO2/c1-6(11)10(13)8-5-7(14-2)3-4-9(8)12/h3-6H,12H2,1-2H3. The molecule has 0 aliphatic heterocycles. The number of nitrogens with two attached hydrogens (primary N) is 1. The van der Waals surface area contributed by atoms with Gasteiger partial charge in [0.05, 0.1) is 12.5 Å². The predicted octanol–water partition coefficient (Wildman–Crippen LogP) is 2.09. The van der Waals surface area contributed by atoms with Crippen molar-refractivity contribution in [3.05, 3.63) is 23.8 Å². The molecule has 4 heteroatoms. The molecule has 1 atom stereocenters. The predicted molar refractivity (Wildman–Crippen MR) is 57.1 cm³/mol. The van der Waals surface area contributed by atoms with Crippen LogP contribution in [-0.4, -0.2) is 18.3 Å². The van der Waals surface area contributed by atoms with E-state index in [0.717, 1.165) is 0 Å². The van der Waals surface area contributed by atoms with Crippen LogP contribution in [0, 0.1) is 0 Å². The lowest BCUT2D eigenvalue weighted by Gasteiger charge is -2.08. The monoisotopic (exact) mass is 213 g/mol. The van der Waals surface area contributed by atoms with Crippen LogP contribution in [0.25, 0.3) is 0 Å². The van der Waals surface area contributed by atoms with Crippen molar-refractivity contribution < 1.29 is 9.53 Å². The van der Waals surface area contributed by atoms with Crippen molar-refractivity contribution in [2.45, 2.75) is 12.3 Å². The number of nitrogen functional groups attached to an aromatic ring is 1. The number of carbonyl (C=O) groups is 1. The summed E-state index contributed by atoms with van der Waals surface area (Å²) in [6.45, 7) is 1.61. The molecule has 1 aromatic carbocycles. The average Bonchev–Trinajstić information content (AvgIpc) is 2.17. The lowest BCUT2D eigenvalue weighted by Crippen LogP contribution is -2.12. The molecular weight excluding hydrogens is 202 g/mol. The van der Waals surface area contributed by atoms with E-state index in [9.17, 15) is 4.79 Å². The normalized spacial score (nSPS) is 12.2. The quantitative estimate of drug-likeness (QED) is 0.475. The fourth-order valence-corrected chi connectivity index (χ4v) is 1.21. The fourth-order valence-electron chi connectivity index (χ4n) is 1.09. The Hall–Kier alpha value is -1.22. The second kappa shape index (κ2) is 4.33. The number of anilines is 1. The third kappa shape index (κ3) is 2.17. The highest BCUT2D eigenvalue weighted by Crippen LogP contribution is 2.21. The first-order chi connectivity index (χ1) is 6.56. The second-order valence-electron chi connectivity index (χ2n) is 2.93. The number of benzene rings is 1. The molecule has 0 saturated carbocycles. The summed E-state index contributed by atoms with van der Waals surface area (Å²) in [5.41, 5.74) is 6.48. The Labute approximate surface area is 87.8 Å². The van der Waals surface area contributed by atoms with Crippen LogP contribution in [0.2, 0.25) is 0 Å². The molecule has 0 fully saturated rings. The molecule has 0 heterocycles. The lowest BCUT2D eigenvalue weighted by molar-refractivity contribution is 0.0992. The molecule has 1 rings (SSSR count). The summed E-state index contributed by atoms with van der Waals surface area (Å²) in [6.07, 6.45) is 0. The summed E-state index contributed by atoms with van der Waals surface area (Å²) in [4.78, 5) is 11.6. The van der Waals surface area contributed by atoms with Crippen LogP contribution in [0.3, 0.4) is 0 Å². The number of hydrogen-bond donors (Lipinski definition) is 1. The van der Waals surface area contributed by atoms with Gasteiger partial charge in [-0.1, -0.05) is 0 Å². The highest BCUT2D eigenvalue weighted by molar-refractivity contribution is 6.34. The molecule has 0 radical (unpaired) electrons. The van der Waals surface area contributed by atoms with Crippen LogP contribution in [0.1, 0.15) is 17.3 Å². The second-order valence-corrected chi connectivity index (χ2v) is 3.59. The summed E-state index contributed by atoms with van der Waals surface area (Å²) in [7, 11) is 1.53. The zero-order valence-electron chi connectivity index (χ0n) is 8.08. The van der Waals surface area contributed by atoms with Crippen LogP contribution >= 0.6 is 11.6 Å². The summed E-state index contributed by atoms with van der Waals surface area (Å²) in [5.74, 6) is 0.405. The molecule has 0 amide bonds. The summed E-state index contributed by atoms with van der Waals surface area (Å²) in [6, 6.07) is 4.92. The van der Waals surface area contributed by atoms with Crippen molar-refractivity contribution in [2.24, 2.45) is 0 Å². The van der Waals surface area contributed by atoms with Gasteiger partial charge in [0.15, 0.2) is 5.78 Å². The number of carbonyl (C=O) groups excluding carboxylic acids is 1. The number of halogens is 1. The van der Waals surface area contributed by atoms with Gasteiger partial charge in [0.2, 0.25) is 0 Å². The van der Waals surface area contributed by atoms with Gasteiger partial charge in [0.25, 0.3) is 0 Å². The zero-order valence-corrected chi connectivity index (χ0v) is 8.84. The summed E-state index contributed by atoms with van der Waals surface area (Å²) >= 11 is 5.68. The first-order valence-electron chi connectivity index (χ1n) is 4.18. The molecule has 76 valence electrons. The number of hydrogen-bond acceptors (Lipinski definition) is 3. The van der Waals surface area contributed by atoms with Crippen LogP contribution in [0.4, 0.5) is 5.69 Å². The van der Waals surface area contributed by atoms with Gasteiger partial charge in [0.1, 0.15) is 5.75 Å². The van der Waals surface area contributed by atoms with E-state index in [1.807, 2.05) is 0 Å². The van der Waals surface area contributed by atoms with Crippen LogP contribution < -0.4 is 10.5 Å². The number of Topliss-reactive ketones (excluding diaryl/α,β-unsaturated/α-hetero) is 1. The smallest absolute Gasteiger partial charge is 0.182 e. The molecule has 1 unspecified atom stereocenters. The molecule has 0 saturated heterocycles. The molecule has 14 heavy (non-hydrogen) atoms. The molecule has 0 aliphatic rings. The highest BCUT2D eigenvalue weighted by atomic mass is 35.5. The van der Waals surface area contributed by atoms with Crippen LogP contribution in [0.15, 0.2) is 18.2 Å². The lowest BCUT2D eigenvalue weighted by atomic mass is 10.1. The maximum Gasteiger partial charge on any atom is 0.182 e. The van der Waals surface area contributed by atoms with Crippen molar-refractivity contribution in [1.29, 1.82) is 0 Å². The summed E-state index contributed by atoms with van der Waals surface area (Å²) in [5, 5.41) is -0.579. The van der Waals surface area contributed by atoms with Gasteiger partial charge < -0.3 is 10.5 Å². The molecular formula is C10H12ClNO2. The van der Waals surface area contributed by atoms with Crippen molar-refractivity contribution in [3.63, 3.8) is 0 Å². The highest BCUT2D eigenvalue weighted by Gasteiger charge is 2.15. The third-order valence-electron chi connectivity index (χ3n) is 1.89. The first kappa shape index (κ1) is 10.9. The molecule has 3 nitrogen and oxygen atoms in total. The van der Waals surface area contributed by atoms with Crippen molar-refractivity contribution in [2.75, 3.05) is 12.8 Å². The molecule has 2 N–H and O–H groups in total. The van der Waals surface area contributed by atoms with Gasteiger partial charge in [0, 0.05) is 11.3 Å². The van der Waals surface area contributed by atoms with Crippen LogP contribution in [-0.2, 0) is 0 Å². The molecule has 1 aromatic rings. The van der Waals surface area contributed by atoms with E-state index in [2.05, 4.69) is 0 Å². The third-order valence-corrected chi connectivity index (χ3v) is 2.09. The van der Waals surface area contributed by atoms with Gasteiger partial charge >= 0.3 is 0 Å². The minimum absolute atomic E-state index is 0.192. The minimum Gasteiger partial charge on any atom is -0.497 e. The van der Waals surface area contributed by atoms with Gasteiger partial charge in [-0.15, -0.1) is 11.6 Å². The van der Waals surface area contributed by atoms with Crippen molar-refractivity contribution in [3.8, 4) is 5.75 Å². The number of methoxy groups -OCH3 is 1. The molecule has 0 aromatic heterocycles. The largest absolute Gasteiger partial charge is 0.497 e. The van der Waals surface area contributed by atoms with Crippen molar-refractivity contribution >= 4 is 23.1 Å². The maximum absolute atomic E-state index is 11.6. The van der Waals surface area contributed by atoms with Gasteiger partial charge in [-0.3, -0.25) is 4.79 Å². The first-order valence-corrected chi connectivity index (χ1v) is 4.61. The van der Waals surface area contributed by atoms with Gasteiger partial charge in [-0.2, -0.15) is 0 Å². The van der Waals surface area contributed by atoms with E-state index in [1.54, 1.807) is 25.1 Å². The minimum atomic E-state index is -0.579. The number of ether oxygens (including phenoxy) is 1. The Kier molecular flexibility index (Phi) is 3.36. The van der Waals surface area contributed by atoms with E-state index < -0.39 is 5.38 Å². The average molecular weight is 214 g/mol. The van der Waals surface area contributed by atoms with E-state index in [0.29, 0.717) is 17.0 Å². The molecule has 0 spiro atoms. The van der Waals surface area contributed by atoms with E-state index in [-0.39, 0.29) is 5.78 Å². The summed E-state index contributed by atoms with van der Waals surface area (Å²) < 4.78 is 4.99. The van der Waals surface area contributed by atoms with E-state index >= 15 is 0 Å². The SMILES string of the molecule is COc1ccc(N)c(C(=O)C(C)Cl)c1. The number of ketones is 1. The molecule has 0 bridgehead atoms. The number of rotatable bonds is 3. The van der Waals surface area contributed by atoms with Gasteiger partial charge in [-0.25, -0.2) is 0 Å². The Morgan fingerprint density at radius 3 is 2.71 bits per heavy atom. The Bertz CT molecular complexity index is 350. The van der Waals surface area contributed by atoms with E-state index in [1.165, 1.54) is 7.11 Å². The van der Waals surface area contributed by atoms with E-state index in [4.69, 9.17) is 22.1 Å². The Morgan fingerprint density at radius 1 is 1.57 bits per heavy atom. The Balaban J connectivity index is 3.12. The van der Waals surface area contributed by atoms with Crippen molar-refractivity contribution in [1.82, 2.24) is 0 Å². The molecule has 0 aliphatic carbocycles. The number of alkyl halides is 1. The Morgan fingerprint density at radius 2 is 2.21 bits per heavy atom. The topological polar surface area (TPSA) is 52.3 Å². The fraction of sp³-hybridized carbons (Fsp3) is 0.300. The van der Waals surface area contributed by atoms with Gasteiger partial charge in [-0.05, 0) is 25.1 Å². The zero-order chi connectivity index (χ0) is 10.7. The maximum atomic E-state index is 11.6. The van der Waals surface area contributed by atoms with Crippen LogP contribution in [0.5, 0.6) is 5.75 Å².